The zero-order valence-electron chi connectivity index (χ0n) is 40.5. The van der Waals surface area contributed by atoms with Crippen LogP contribution in [0.2, 0.25) is 0 Å². The lowest BCUT2D eigenvalue weighted by atomic mass is 10.1. The van der Waals surface area contributed by atoms with Gasteiger partial charge in [-0.25, -0.2) is 33.8 Å². The molecular weight excluding hydrogens is 1030 g/mol. The highest BCUT2D eigenvalue weighted by atomic mass is 16.4. The number of carboxylic acids is 7. The van der Waals surface area contributed by atoms with Gasteiger partial charge in [0.25, 0.3) is 11.5 Å². The largest absolute Gasteiger partial charge is 0.481 e. The fraction of sp³-hybridized carbons (Fsp3) is 0.455. The monoisotopic (exact) mass is 1090 g/mol. The van der Waals surface area contributed by atoms with Crippen molar-refractivity contribution in [2.24, 2.45) is 4.99 Å². The summed E-state index contributed by atoms with van der Waals surface area (Å²) in [6.07, 6.45) is -7.31. The first kappa shape index (κ1) is 61.6. The minimum Gasteiger partial charge on any atom is -0.481 e. The Kier molecular flexibility index (Phi) is 23.9. The van der Waals surface area contributed by atoms with Crippen LogP contribution in [0.3, 0.4) is 0 Å². The highest BCUT2D eigenvalue weighted by Crippen LogP contribution is 2.22. The summed E-state index contributed by atoms with van der Waals surface area (Å²) in [5, 5.41) is 84.7. The maximum atomic E-state index is 12.9. The number of amides is 6. The highest BCUT2D eigenvalue weighted by Gasteiger charge is 2.29. The molecule has 1 aliphatic rings. The van der Waals surface area contributed by atoms with Gasteiger partial charge in [-0.2, -0.15) is 4.98 Å². The number of aromatic nitrogens is 2. The summed E-state index contributed by atoms with van der Waals surface area (Å²) in [5.74, 6) is -16.7. The minimum atomic E-state index is -1.78. The molecule has 3 rings (SSSR count). The number of fused-ring (bicyclic) bond motifs is 1. The van der Waals surface area contributed by atoms with Gasteiger partial charge in [-0.3, -0.25) is 43.3 Å². The quantitative estimate of drug-likeness (QED) is 0.0327. The molecule has 1 aromatic heterocycles. The number of carbonyl (C=O) groups is 13. The number of anilines is 3. The molecule has 6 amide bonds. The number of aromatic amines is 1. The van der Waals surface area contributed by atoms with Crippen LogP contribution in [0.4, 0.5) is 23.1 Å². The standard InChI is InChI=1S/C44H56N12O21/c45-44-55-35-34(37(65)56-44)48-21(18-47-35)17-46-20-3-1-19(2-4-20)36(64)54-27(43(76)77)9-15-32(61)52-25(41(72)73)7-13-30(59)50-23(39(68)69)5-11-28(57)49-22(38(66)67)6-12-29(58)51-24(40(70)71)8-14-31(60)53-26(42(74)75)10-16-33(62)63/h1-4,22-27,46H,5-18H2,(H,49,57)(H,50,59)(H,51,58)(H,52,61)(H,53,60)(H,54,64)(H,62,63)(H,66,67)(H,68,69)(H,70,71)(H,72,73)(H,74,75)(H,76,77)(H4,45,47,55,56,65)/t22-,23-,24-,25-,26-,27-/m0/s1. The first-order valence-corrected chi connectivity index (χ1v) is 23.1. The summed E-state index contributed by atoms with van der Waals surface area (Å²) in [4.78, 5) is 180. The first-order valence-electron chi connectivity index (χ1n) is 23.1. The van der Waals surface area contributed by atoms with Crippen LogP contribution in [-0.2, 0) is 57.5 Å². The number of hydrogen-bond donors (Lipinski definition) is 17. The minimum absolute atomic E-state index is 0.0410. The van der Waals surface area contributed by atoms with Crippen molar-refractivity contribution in [1.29, 1.82) is 0 Å². The maximum absolute atomic E-state index is 12.9. The average Bonchev–Trinajstić information content (AvgIpc) is 3.35. The summed E-state index contributed by atoms with van der Waals surface area (Å²) >= 11 is 0. The Balaban J connectivity index is 1.43. The van der Waals surface area contributed by atoms with Crippen LogP contribution in [0, 0.1) is 0 Å². The van der Waals surface area contributed by atoms with Gasteiger partial charge in [0.2, 0.25) is 35.5 Å². The Hall–Kier alpha value is -9.72. The van der Waals surface area contributed by atoms with E-state index in [1.807, 2.05) is 5.32 Å². The molecule has 0 unspecified atom stereocenters. The van der Waals surface area contributed by atoms with Gasteiger partial charge >= 0.3 is 41.8 Å². The molecule has 0 radical (unpaired) electrons. The number of H-pyrrole nitrogens is 1. The molecule has 0 bridgehead atoms. The second-order valence-electron chi connectivity index (χ2n) is 16.9. The molecule has 1 aliphatic heterocycles. The van der Waals surface area contributed by atoms with E-state index in [4.69, 9.17) is 10.8 Å². The number of hydrogen-bond acceptors (Lipinski definition) is 19. The molecule has 0 saturated heterocycles. The Morgan fingerprint density at radius 3 is 1.18 bits per heavy atom. The first-order chi connectivity index (χ1) is 36.2. The van der Waals surface area contributed by atoms with E-state index in [1.165, 1.54) is 24.3 Å². The van der Waals surface area contributed by atoms with Crippen LogP contribution >= 0.6 is 0 Å². The average molecular weight is 1090 g/mol. The molecule has 0 fully saturated rings. The Labute approximate surface area is 433 Å². The molecule has 33 heteroatoms. The molecular formula is C44H56N12O21. The van der Waals surface area contributed by atoms with Gasteiger partial charge in [0.05, 0.1) is 18.8 Å². The lowest BCUT2D eigenvalue weighted by Crippen LogP contribution is -2.46. The molecule has 18 N–H and O–H groups in total. The van der Waals surface area contributed by atoms with Crippen molar-refractivity contribution in [3.63, 3.8) is 0 Å². The summed E-state index contributed by atoms with van der Waals surface area (Å²) in [5.41, 5.74) is 6.19. The second kappa shape index (κ2) is 29.8. The number of nitrogen functional groups attached to an aromatic ring is 1. The summed E-state index contributed by atoms with van der Waals surface area (Å²) in [6, 6.07) is -4.41. The van der Waals surface area contributed by atoms with Gasteiger partial charge in [0, 0.05) is 49.8 Å². The molecule has 0 saturated carbocycles. The number of nitrogens with zero attached hydrogens (tertiary/aromatic N) is 2. The molecule has 1 aromatic carbocycles. The molecule has 0 spiro atoms. The number of benzene rings is 1. The lowest BCUT2D eigenvalue weighted by Gasteiger charge is -2.19. The van der Waals surface area contributed by atoms with Crippen molar-refractivity contribution in [1.82, 2.24) is 41.9 Å². The number of aliphatic imine (C=N–C) groups is 1. The molecule has 0 aliphatic carbocycles. The molecule has 2 aromatic rings. The number of nitrogens with one attached hydrogen (secondary N) is 9. The van der Waals surface area contributed by atoms with Crippen molar-refractivity contribution >= 4 is 106 Å². The van der Waals surface area contributed by atoms with Crippen molar-refractivity contribution < 1.29 is 98.1 Å². The van der Waals surface area contributed by atoms with E-state index in [2.05, 4.69) is 52.2 Å². The van der Waals surface area contributed by atoms with Gasteiger partial charge < -0.3 is 84.0 Å². The van der Waals surface area contributed by atoms with E-state index in [9.17, 15) is 97.8 Å². The zero-order chi connectivity index (χ0) is 57.5. The number of rotatable bonds is 34. The Morgan fingerprint density at radius 2 is 0.844 bits per heavy atom. The summed E-state index contributed by atoms with van der Waals surface area (Å²) in [7, 11) is 0. The van der Waals surface area contributed by atoms with E-state index in [0.29, 0.717) is 11.4 Å². The summed E-state index contributed by atoms with van der Waals surface area (Å²) in [6.45, 7) is 0.444. The number of nitrogens with two attached hydrogens (primary N) is 1. The van der Waals surface area contributed by atoms with Crippen molar-refractivity contribution in [3.8, 4) is 0 Å². The molecule has 33 nitrogen and oxygen atoms in total. The van der Waals surface area contributed by atoms with Gasteiger partial charge in [0.1, 0.15) is 36.3 Å². The number of aliphatic carboxylic acids is 7. The van der Waals surface area contributed by atoms with Crippen molar-refractivity contribution in [2.45, 2.75) is 113 Å². The van der Waals surface area contributed by atoms with Gasteiger partial charge in [0.15, 0.2) is 11.5 Å². The topological polar surface area (TPSA) is 544 Å². The smallest absolute Gasteiger partial charge is 0.326 e. The van der Waals surface area contributed by atoms with Gasteiger partial charge in [-0.15, -0.1) is 0 Å². The van der Waals surface area contributed by atoms with E-state index in [1.54, 1.807) is 0 Å². The Morgan fingerprint density at radius 1 is 0.506 bits per heavy atom. The molecule has 2 heterocycles. The fourth-order valence-corrected chi connectivity index (χ4v) is 6.90. The Bertz CT molecular complexity index is 2680. The molecule has 418 valence electrons. The fourth-order valence-electron chi connectivity index (χ4n) is 6.90. The van der Waals surface area contributed by atoms with Gasteiger partial charge in [-0.1, -0.05) is 0 Å². The zero-order valence-corrected chi connectivity index (χ0v) is 40.5. The predicted octanol–water partition coefficient (Wildman–Crippen LogP) is -3.24. The normalized spacial score (nSPS) is 13.8. The maximum Gasteiger partial charge on any atom is 0.326 e. The lowest BCUT2D eigenvalue weighted by molar-refractivity contribution is -0.144. The predicted molar refractivity (Wildman–Crippen MR) is 260 cm³/mol. The molecule has 6 atom stereocenters. The van der Waals surface area contributed by atoms with Crippen LogP contribution in [0.1, 0.15) is 87.4 Å². The third-order valence-electron chi connectivity index (χ3n) is 11.0. The van der Waals surface area contributed by atoms with Crippen LogP contribution in [-0.4, -0.2) is 178 Å². The third-order valence-corrected chi connectivity index (χ3v) is 11.0. The van der Waals surface area contributed by atoms with Crippen LogP contribution in [0.15, 0.2) is 34.1 Å². The number of carboxylic acid groups (broad SMARTS) is 7. The van der Waals surface area contributed by atoms with Crippen LogP contribution in [0.5, 0.6) is 0 Å². The van der Waals surface area contributed by atoms with Crippen LogP contribution < -0.4 is 53.8 Å². The van der Waals surface area contributed by atoms with E-state index < -0.39 is 196 Å². The SMILES string of the molecule is Nc1nc2c(c(=O)[nH]1)N=C(CNc1ccc(C(=O)N[C@@H](CCC(=O)N[C@@H](CCC(=O)N[C@@H](CCC(=O)N[C@@H](CCC(=O)N[C@@H](CCC(=O)N[C@@H](CCC(=O)O)C(=O)O)C(=O)O)C(=O)O)C(=O)O)C(=O)O)C(=O)O)cc1)CN2. The van der Waals surface area contributed by atoms with Crippen molar-refractivity contribution in [2.75, 3.05) is 29.5 Å². The second-order valence-corrected chi connectivity index (χ2v) is 16.9. The van der Waals surface area contributed by atoms with E-state index in [-0.39, 0.29) is 36.1 Å². The number of carbonyl (C=O) groups excluding carboxylic acids is 6. The van der Waals surface area contributed by atoms with Gasteiger partial charge in [-0.05, 0) is 62.8 Å². The summed E-state index contributed by atoms with van der Waals surface area (Å²) < 4.78 is 0. The highest BCUT2D eigenvalue weighted by molar-refractivity contribution is 5.99. The van der Waals surface area contributed by atoms with E-state index in [0.717, 1.165) is 0 Å². The third kappa shape index (κ3) is 21.7. The van der Waals surface area contributed by atoms with Crippen LogP contribution in [0.25, 0.3) is 0 Å². The van der Waals surface area contributed by atoms with E-state index >= 15 is 0 Å². The molecule has 77 heavy (non-hydrogen) atoms. The van der Waals surface area contributed by atoms with Crippen molar-refractivity contribution in [3.05, 3.63) is 40.2 Å².